The van der Waals surface area contributed by atoms with Gasteiger partial charge in [0.15, 0.2) is 0 Å². The van der Waals surface area contributed by atoms with E-state index >= 15 is 0 Å². The van der Waals surface area contributed by atoms with Crippen molar-refractivity contribution in [2.75, 3.05) is 0 Å². The maximum absolute atomic E-state index is 3.19. The molecule has 1 aromatic rings. The summed E-state index contributed by atoms with van der Waals surface area (Å²) in [5, 5.41) is 1.49. The molecule has 0 aliphatic heterocycles. The standard InChI is InChI=1S/C7H9Si.2C7H9.2ClH.Hf/c1-8-7-5-3-2-4-6-7;2*1-6-4-3-5-7(6)2;;;/h2-6,8H,1H3;2*4H,3H2,1-2H3;2*1H;/q;2*-1;;;+4/p-2. The maximum atomic E-state index is 3.19. The van der Waals surface area contributed by atoms with Crippen molar-refractivity contribution in [1.29, 1.82) is 0 Å². The van der Waals surface area contributed by atoms with Crippen LogP contribution in [0.25, 0.3) is 0 Å². The smallest absolute Gasteiger partial charge is 1.00 e. The molecule has 0 unspecified atom stereocenters. The van der Waals surface area contributed by atoms with E-state index < -0.39 is 0 Å². The molecular weight excluding hydrogens is 530 g/mol. The summed E-state index contributed by atoms with van der Waals surface area (Å²) < 4.78 is 0. The Kier molecular flexibility index (Phi) is 20.5. The summed E-state index contributed by atoms with van der Waals surface area (Å²) in [4.78, 5) is 0. The molecule has 4 heteroatoms. The van der Waals surface area contributed by atoms with Gasteiger partial charge in [0.2, 0.25) is 0 Å². The van der Waals surface area contributed by atoms with Gasteiger partial charge in [-0.3, -0.25) is 12.2 Å². The van der Waals surface area contributed by atoms with Gasteiger partial charge in [-0.25, -0.2) is 22.3 Å². The first-order chi connectivity index (χ1) is 10.5. The zero-order valence-electron chi connectivity index (χ0n) is 15.8. The monoisotopic (exact) mass is 557 g/mol. The number of hydrogen-bond donors (Lipinski definition) is 0. The summed E-state index contributed by atoms with van der Waals surface area (Å²) in [5.41, 5.74) is 5.42. The summed E-state index contributed by atoms with van der Waals surface area (Å²) in [7, 11) is 0.511. The molecule has 0 saturated heterocycles. The molecule has 133 valence electrons. The van der Waals surface area contributed by atoms with Gasteiger partial charge in [-0.15, -0.1) is 26.7 Å². The van der Waals surface area contributed by atoms with E-state index in [1.165, 1.54) is 27.5 Å². The number of hydrogen-bond acceptors (Lipinski definition) is 0. The first-order valence-electron chi connectivity index (χ1n) is 7.88. The molecule has 2 aliphatic rings. The molecule has 25 heavy (non-hydrogen) atoms. The molecule has 3 rings (SSSR count). The third kappa shape index (κ3) is 12.8. The average molecular weight is 557 g/mol. The molecule has 1 aromatic carbocycles. The molecule has 0 amide bonds. The fraction of sp³-hybridized carbons (Fsp3) is 0.333. The molecule has 0 bridgehead atoms. The van der Waals surface area contributed by atoms with Crippen LogP contribution < -0.4 is 30.0 Å². The van der Waals surface area contributed by atoms with Crippen molar-refractivity contribution >= 4 is 14.7 Å². The van der Waals surface area contributed by atoms with Gasteiger partial charge >= 0.3 is 25.8 Å². The molecule has 0 spiro atoms. The fourth-order valence-corrected chi connectivity index (χ4v) is 2.55. The van der Waals surface area contributed by atoms with Crippen molar-refractivity contribution in [2.24, 2.45) is 0 Å². The predicted molar refractivity (Wildman–Crippen MR) is 101 cm³/mol. The van der Waals surface area contributed by atoms with Gasteiger partial charge < -0.3 is 24.8 Å². The van der Waals surface area contributed by atoms with Gasteiger partial charge in [0, 0.05) is 0 Å². The maximum Gasteiger partial charge on any atom is 4.00 e. The minimum atomic E-state index is 0. The number of halogens is 2. The first-order valence-corrected chi connectivity index (χ1v) is 9.61. The summed E-state index contributed by atoms with van der Waals surface area (Å²) in [5.74, 6) is 0. The van der Waals surface area contributed by atoms with E-state index in [0.29, 0.717) is 9.52 Å². The Morgan fingerprint density at radius 1 is 0.760 bits per heavy atom. The van der Waals surface area contributed by atoms with Crippen LogP contribution in [0.4, 0.5) is 0 Å². The molecule has 1 radical (unpaired) electrons. The van der Waals surface area contributed by atoms with E-state index in [0.717, 1.165) is 12.8 Å². The van der Waals surface area contributed by atoms with Crippen molar-refractivity contribution < 1.29 is 50.7 Å². The summed E-state index contributed by atoms with van der Waals surface area (Å²) in [6.07, 6.45) is 12.8. The van der Waals surface area contributed by atoms with Gasteiger partial charge in [0.25, 0.3) is 0 Å². The third-order valence-corrected chi connectivity index (χ3v) is 4.92. The van der Waals surface area contributed by atoms with Crippen LogP contribution in [0.3, 0.4) is 0 Å². The molecule has 0 N–H and O–H groups in total. The fourth-order valence-electron chi connectivity index (χ4n) is 1.94. The average Bonchev–Trinajstić information content (AvgIpc) is 3.10. The Morgan fingerprint density at radius 3 is 1.32 bits per heavy atom. The van der Waals surface area contributed by atoms with Gasteiger partial charge in [-0.1, -0.05) is 55.9 Å². The van der Waals surface area contributed by atoms with Crippen molar-refractivity contribution in [1.82, 2.24) is 0 Å². The van der Waals surface area contributed by atoms with Crippen LogP contribution in [0.15, 0.2) is 64.8 Å². The Bertz CT molecular complexity index is 521. The van der Waals surface area contributed by atoms with Gasteiger partial charge in [0.05, 0.1) is 9.52 Å². The molecule has 0 heterocycles. The van der Waals surface area contributed by atoms with E-state index in [2.05, 4.69) is 88.9 Å². The van der Waals surface area contributed by atoms with Crippen molar-refractivity contribution in [3.05, 3.63) is 76.9 Å². The first kappa shape index (κ1) is 29.6. The third-order valence-electron chi connectivity index (χ3n) is 3.87. The predicted octanol–water partition coefficient (Wildman–Crippen LogP) is -1.03. The Morgan fingerprint density at radius 2 is 1.16 bits per heavy atom. The van der Waals surface area contributed by atoms with E-state index in [1.54, 1.807) is 0 Å². The van der Waals surface area contributed by atoms with Crippen LogP contribution in [0.2, 0.25) is 6.55 Å². The zero-order chi connectivity index (χ0) is 16.4. The number of allylic oxidation sites excluding steroid dienone is 8. The van der Waals surface area contributed by atoms with Gasteiger partial charge in [-0.05, 0) is 0 Å². The SMILES string of the molecule is CC1=[C-]CC=C1C.CC1=[C-]CC=C1C.C[SiH]c1ccccc1.[Cl-].[Cl-].[Hf+4]. The van der Waals surface area contributed by atoms with E-state index in [-0.39, 0.29) is 50.7 Å². The molecule has 0 nitrogen and oxygen atoms in total. The molecule has 0 saturated carbocycles. The van der Waals surface area contributed by atoms with Crippen LogP contribution in [0, 0.1) is 12.2 Å². The minimum Gasteiger partial charge on any atom is -1.00 e. The molecular formula is C21H27Cl2HfSi. The summed E-state index contributed by atoms with van der Waals surface area (Å²) >= 11 is 0. The summed E-state index contributed by atoms with van der Waals surface area (Å²) in [6.45, 7) is 10.7. The van der Waals surface area contributed by atoms with E-state index in [1.807, 2.05) is 0 Å². The van der Waals surface area contributed by atoms with Gasteiger partial charge in [0.1, 0.15) is 0 Å². The van der Waals surface area contributed by atoms with Crippen LogP contribution in [-0.2, 0) is 25.8 Å². The Labute approximate surface area is 188 Å². The molecule has 0 fully saturated rings. The van der Waals surface area contributed by atoms with Gasteiger partial charge in [-0.2, -0.15) is 12.2 Å². The van der Waals surface area contributed by atoms with Crippen molar-refractivity contribution in [3.63, 3.8) is 0 Å². The number of benzene rings is 1. The molecule has 0 aromatic heterocycles. The largest absolute Gasteiger partial charge is 4.00 e. The topological polar surface area (TPSA) is 0 Å². The second kappa shape index (κ2) is 17.3. The van der Waals surface area contributed by atoms with Crippen LogP contribution >= 0.6 is 0 Å². The van der Waals surface area contributed by atoms with Crippen LogP contribution in [0.5, 0.6) is 0 Å². The van der Waals surface area contributed by atoms with E-state index in [4.69, 9.17) is 0 Å². The Balaban J connectivity index is -0.000000275. The molecule has 0 atom stereocenters. The van der Waals surface area contributed by atoms with E-state index in [9.17, 15) is 0 Å². The van der Waals surface area contributed by atoms with Crippen LogP contribution in [0.1, 0.15) is 40.5 Å². The van der Waals surface area contributed by atoms with Crippen molar-refractivity contribution in [3.8, 4) is 0 Å². The number of rotatable bonds is 1. The zero-order valence-corrected chi connectivity index (χ0v) is 22.0. The van der Waals surface area contributed by atoms with Crippen LogP contribution in [-0.4, -0.2) is 9.52 Å². The Hall–Kier alpha value is -0.153. The minimum absolute atomic E-state index is 0. The second-order valence-electron chi connectivity index (χ2n) is 5.49. The summed E-state index contributed by atoms with van der Waals surface area (Å²) in [6, 6.07) is 10.6. The molecule has 2 aliphatic carbocycles. The normalized spacial score (nSPS) is 13.6. The van der Waals surface area contributed by atoms with Crippen molar-refractivity contribution in [2.45, 2.75) is 47.1 Å². The second-order valence-corrected chi connectivity index (χ2v) is 6.73. The quantitative estimate of drug-likeness (QED) is 0.307.